The molecule has 2 N–H and O–H groups in total. The van der Waals surface area contributed by atoms with Gasteiger partial charge in [0.05, 0.1) is 12.6 Å². The highest BCUT2D eigenvalue weighted by atomic mass is 16.3. The molecule has 7 nitrogen and oxygen atoms in total. The summed E-state index contributed by atoms with van der Waals surface area (Å²) >= 11 is 0. The normalized spacial score (nSPS) is 16.2. The number of aliphatic hydroxyl groups is 1. The van der Waals surface area contributed by atoms with Gasteiger partial charge in [-0.3, -0.25) is 14.6 Å². The number of aromatic nitrogens is 1. The Kier molecular flexibility index (Phi) is 7.09. The van der Waals surface area contributed by atoms with Crippen LogP contribution in [0.3, 0.4) is 0 Å². The molecular weight excluding hydrogens is 392 g/mol. The molecule has 1 saturated heterocycles. The topological polar surface area (TPSA) is 81.8 Å². The van der Waals surface area contributed by atoms with Crippen molar-refractivity contribution in [3.05, 3.63) is 89.6 Å². The third-order valence-electron chi connectivity index (χ3n) is 5.52. The van der Waals surface area contributed by atoms with Crippen LogP contribution >= 0.6 is 0 Å². The molecule has 1 aliphatic heterocycles. The Bertz CT molecular complexity index is 953. The highest BCUT2D eigenvalue weighted by Crippen LogP contribution is 2.16. The second-order valence-corrected chi connectivity index (χ2v) is 7.80. The molecule has 3 aromatic rings. The smallest absolute Gasteiger partial charge is 0.273 e. The van der Waals surface area contributed by atoms with Crippen molar-refractivity contribution in [3.8, 4) is 0 Å². The minimum absolute atomic E-state index is 0.237. The molecular formula is C24H28N4O3. The first-order valence-electron chi connectivity index (χ1n) is 10.6. The summed E-state index contributed by atoms with van der Waals surface area (Å²) in [7, 11) is 0. The van der Waals surface area contributed by atoms with Crippen LogP contribution in [-0.4, -0.2) is 58.5 Å². The molecule has 2 heterocycles. The average molecular weight is 421 g/mol. The lowest BCUT2D eigenvalue weighted by atomic mass is 10.1. The van der Waals surface area contributed by atoms with Crippen LogP contribution in [0.2, 0.25) is 0 Å². The summed E-state index contributed by atoms with van der Waals surface area (Å²) < 4.78 is 5.52. The van der Waals surface area contributed by atoms with Crippen LogP contribution in [0.5, 0.6) is 0 Å². The van der Waals surface area contributed by atoms with E-state index in [1.165, 1.54) is 6.26 Å². The predicted octanol–water partition coefficient (Wildman–Crippen LogP) is 2.46. The van der Waals surface area contributed by atoms with E-state index in [-0.39, 0.29) is 5.91 Å². The number of carbonyl (C=O) groups excluding carboxylic acids is 1. The number of rotatable bonds is 8. The summed E-state index contributed by atoms with van der Waals surface area (Å²) in [6, 6.07) is 19.5. The molecule has 4 rings (SSSR count). The van der Waals surface area contributed by atoms with Gasteiger partial charge in [-0.1, -0.05) is 60.7 Å². The molecule has 0 spiro atoms. The Morgan fingerprint density at radius 3 is 2.35 bits per heavy atom. The van der Waals surface area contributed by atoms with Crippen LogP contribution in [0.1, 0.15) is 33.6 Å². The quantitative estimate of drug-likeness (QED) is 0.583. The summed E-state index contributed by atoms with van der Waals surface area (Å²) in [4.78, 5) is 21.2. The lowest BCUT2D eigenvalue weighted by Gasteiger charge is -2.35. The molecule has 1 atom stereocenters. The van der Waals surface area contributed by atoms with Crippen molar-refractivity contribution in [2.75, 3.05) is 32.7 Å². The highest BCUT2D eigenvalue weighted by Gasteiger charge is 2.21. The van der Waals surface area contributed by atoms with Gasteiger partial charge in [0.15, 0.2) is 5.69 Å². The molecule has 0 radical (unpaired) electrons. The number of benzene rings is 2. The van der Waals surface area contributed by atoms with Crippen LogP contribution in [0.25, 0.3) is 0 Å². The third kappa shape index (κ3) is 6.01. The van der Waals surface area contributed by atoms with Crippen LogP contribution in [0.4, 0.5) is 0 Å². The largest absolute Gasteiger partial charge is 0.447 e. The molecule has 1 amide bonds. The molecule has 31 heavy (non-hydrogen) atoms. The van der Waals surface area contributed by atoms with E-state index in [0.29, 0.717) is 31.2 Å². The number of nitrogens with one attached hydrogen (secondary N) is 1. The monoisotopic (exact) mass is 420 g/mol. The van der Waals surface area contributed by atoms with Gasteiger partial charge in [-0.15, -0.1) is 0 Å². The summed E-state index contributed by atoms with van der Waals surface area (Å²) in [6.45, 7) is 5.12. The second-order valence-electron chi connectivity index (χ2n) is 7.80. The van der Waals surface area contributed by atoms with Gasteiger partial charge in [0.2, 0.25) is 5.89 Å². The molecule has 1 unspecified atom stereocenters. The third-order valence-corrected chi connectivity index (χ3v) is 5.52. The van der Waals surface area contributed by atoms with Crippen molar-refractivity contribution in [1.82, 2.24) is 20.1 Å². The minimum Gasteiger partial charge on any atom is -0.447 e. The Labute approximate surface area is 182 Å². The number of hydrogen-bond donors (Lipinski definition) is 2. The number of hydrogen-bond acceptors (Lipinski definition) is 6. The van der Waals surface area contributed by atoms with Gasteiger partial charge >= 0.3 is 0 Å². The average Bonchev–Trinajstić information content (AvgIpc) is 3.28. The number of amides is 1. The zero-order valence-electron chi connectivity index (χ0n) is 17.5. The number of nitrogens with zero attached hydrogens (tertiary/aromatic N) is 3. The van der Waals surface area contributed by atoms with Crippen molar-refractivity contribution in [2.45, 2.75) is 19.2 Å². The van der Waals surface area contributed by atoms with Gasteiger partial charge in [-0.25, -0.2) is 4.98 Å². The first-order valence-corrected chi connectivity index (χ1v) is 10.6. The summed E-state index contributed by atoms with van der Waals surface area (Å²) in [5.74, 6) is 0.307. The lowest BCUT2D eigenvalue weighted by molar-refractivity contribution is 0.0671. The molecule has 0 bridgehead atoms. The Hall–Kier alpha value is -3.00. The molecule has 1 fully saturated rings. The zero-order chi connectivity index (χ0) is 21.5. The molecule has 162 valence electrons. The number of piperazine rings is 1. The van der Waals surface area contributed by atoms with Crippen LogP contribution in [0.15, 0.2) is 71.3 Å². The fourth-order valence-corrected chi connectivity index (χ4v) is 3.70. The molecule has 2 aromatic carbocycles. The molecule has 7 heteroatoms. The molecule has 1 aliphatic rings. The molecule has 0 aliphatic carbocycles. The van der Waals surface area contributed by atoms with E-state index in [4.69, 9.17) is 4.42 Å². The first-order chi connectivity index (χ1) is 15.2. The van der Waals surface area contributed by atoms with Gasteiger partial charge in [0.25, 0.3) is 5.91 Å². The Morgan fingerprint density at radius 2 is 1.65 bits per heavy atom. The maximum atomic E-state index is 12.3. The fourth-order valence-electron chi connectivity index (χ4n) is 3.70. The van der Waals surface area contributed by atoms with Gasteiger partial charge in [0, 0.05) is 39.3 Å². The highest BCUT2D eigenvalue weighted by molar-refractivity contribution is 5.91. The number of carbonyl (C=O) groups is 1. The van der Waals surface area contributed by atoms with Crippen molar-refractivity contribution < 1.29 is 14.3 Å². The van der Waals surface area contributed by atoms with Crippen LogP contribution < -0.4 is 5.32 Å². The van der Waals surface area contributed by atoms with E-state index in [1.54, 1.807) is 0 Å². The Balaban J connectivity index is 1.21. The lowest BCUT2D eigenvalue weighted by Crippen LogP contribution is -2.47. The minimum atomic E-state index is -0.476. The van der Waals surface area contributed by atoms with Crippen LogP contribution in [0, 0.1) is 0 Å². The van der Waals surface area contributed by atoms with E-state index < -0.39 is 6.10 Å². The summed E-state index contributed by atoms with van der Waals surface area (Å²) in [6.07, 6.45) is 0.943. The van der Waals surface area contributed by atoms with E-state index in [0.717, 1.165) is 37.3 Å². The van der Waals surface area contributed by atoms with E-state index in [1.807, 2.05) is 60.7 Å². The number of oxazole rings is 1. The van der Waals surface area contributed by atoms with E-state index in [2.05, 4.69) is 20.1 Å². The van der Waals surface area contributed by atoms with Gasteiger partial charge in [0.1, 0.15) is 6.26 Å². The van der Waals surface area contributed by atoms with Crippen molar-refractivity contribution in [2.24, 2.45) is 0 Å². The van der Waals surface area contributed by atoms with E-state index >= 15 is 0 Å². The SMILES string of the molecule is O=C(NCc1ccccc1)c1coc(CN2CCN(CC(O)c3ccccc3)CC2)n1. The van der Waals surface area contributed by atoms with Crippen LogP contribution in [-0.2, 0) is 13.1 Å². The van der Waals surface area contributed by atoms with Crippen molar-refractivity contribution >= 4 is 5.91 Å². The number of β-amino-alcohol motifs (C(OH)–C–C–N with tert-alkyl or cyclic N) is 1. The standard InChI is InChI=1S/C24H28N4O3/c29-22(20-9-5-2-6-10-20)16-27-11-13-28(14-12-27)17-23-26-21(18-31-23)24(30)25-15-19-7-3-1-4-8-19/h1-10,18,22,29H,11-17H2,(H,25,30). The summed E-state index contributed by atoms with van der Waals surface area (Å²) in [5.41, 5.74) is 2.29. The van der Waals surface area contributed by atoms with Gasteiger partial charge in [-0.2, -0.15) is 0 Å². The zero-order valence-corrected chi connectivity index (χ0v) is 17.5. The summed E-state index contributed by atoms with van der Waals surface area (Å²) in [5, 5.41) is 13.3. The first kappa shape index (κ1) is 21.2. The molecule has 0 saturated carbocycles. The Morgan fingerprint density at radius 1 is 1.00 bits per heavy atom. The van der Waals surface area contributed by atoms with Gasteiger partial charge < -0.3 is 14.8 Å². The molecule has 1 aromatic heterocycles. The predicted molar refractivity (Wildman–Crippen MR) is 117 cm³/mol. The van der Waals surface area contributed by atoms with E-state index in [9.17, 15) is 9.90 Å². The van der Waals surface area contributed by atoms with Crippen molar-refractivity contribution in [3.63, 3.8) is 0 Å². The van der Waals surface area contributed by atoms with Gasteiger partial charge in [-0.05, 0) is 11.1 Å². The maximum Gasteiger partial charge on any atom is 0.273 e. The number of aliphatic hydroxyl groups excluding tert-OH is 1. The maximum absolute atomic E-state index is 12.3. The fraction of sp³-hybridized carbons (Fsp3) is 0.333. The van der Waals surface area contributed by atoms with Crippen molar-refractivity contribution in [1.29, 1.82) is 0 Å². The second kappa shape index (κ2) is 10.3.